The molecule has 3 aromatic rings. The van der Waals surface area contributed by atoms with Crippen LogP contribution >= 0.6 is 0 Å². The van der Waals surface area contributed by atoms with Gasteiger partial charge >= 0.3 is 0 Å². The molecule has 0 bridgehead atoms. The summed E-state index contributed by atoms with van der Waals surface area (Å²) in [4.78, 5) is 0. The molecule has 6 heteroatoms. The quantitative estimate of drug-likeness (QED) is 0.770. The van der Waals surface area contributed by atoms with Crippen LogP contribution in [0.15, 0.2) is 54.9 Å². The van der Waals surface area contributed by atoms with Gasteiger partial charge in [-0.2, -0.15) is 10.4 Å². The van der Waals surface area contributed by atoms with E-state index in [1.165, 1.54) is 0 Å². The lowest BCUT2D eigenvalue weighted by atomic mass is 10.1. The van der Waals surface area contributed by atoms with E-state index in [0.717, 1.165) is 30.0 Å². The van der Waals surface area contributed by atoms with Gasteiger partial charge < -0.3 is 14.6 Å². The van der Waals surface area contributed by atoms with Crippen molar-refractivity contribution < 1.29 is 4.74 Å². The van der Waals surface area contributed by atoms with Gasteiger partial charge in [-0.3, -0.25) is 0 Å². The molecule has 3 heterocycles. The van der Waals surface area contributed by atoms with E-state index in [0.29, 0.717) is 12.2 Å². The molecule has 1 N–H and O–H groups in total. The highest BCUT2D eigenvalue weighted by atomic mass is 16.5. The average Bonchev–Trinajstić information content (AvgIpc) is 3.39. The maximum Gasteiger partial charge on any atom is 0.120 e. The third kappa shape index (κ3) is 3.15. The van der Waals surface area contributed by atoms with Crippen molar-refractivity contribution in [1.29, 1.82) is 5.26 Å². The first kappa shape index (κ1) is 16.6. The second-order valence-electron chi connectivity index (χ2n) is 6.53. The van der Waals surface area contributed by atoms with E-state index in [-0.39, 0.29) is 12.1 Å². The van der Waals surface area contributed by atoms with Crippen LogP contribution in [0.1, 0.15) is 29.5 Å². The Hall–Kier alpha value is -2.88. The van der Waals surface area contributed by atoms with Crippen LogP contribution in [-0.4, -0.2) is 27.0 Å². The minimum atomic E-state index is -0.0446. The van der Waals surface area contributed by atoms with Crippen molar-refractivity contribution in [2.24, 2.45) is 7.05 Å². The molecule has 6 nitrogen and oxygen atoms in total. The molecule has 26 heavy (non-hydrogen) atoms. The summed E-state index contributed by atoms with van der Waals surface area (Å²) in [6.07, 6.45) is 4.71. The first-order valence-corrected chi connectivity index (χ1v) is 8.76. The summed E-state index contributed by atoms with van der Waals surface area (Å²) >= 11 is 0. The number of benzene rings is 1. The summed E-state index contributed by atoms with van der Waals surface area (Å²) in [5.74, 6) is 0. The Balaban J connectivity index is 1.51. The molecule has 1 aliphatic rings. The number of hydrogen-bond donors (Lipinski definition) is 1. The van der Waals surface area contributed by atoms with Crippen LogP contribution in [0.2, 0.25) is 0 Å². The maximum absolute atomic E-state index is 9.10. The minimum absolute atomic E-state index is 0.0446. The minimum Gasteiger partial charge on any atom is -0.370 e. The molecule has 1 aromatic carbocycles. The number of hydrogen-bond acceptors (Lipinski definition) is 4. The van der Waals surface area contributed by atoms with Crippen molar-refractivity contribution >= 4 is 0 Å². The fourth-order valence-electron chi connectivity index (χ4n) is 3.49. The molecule has 2 aromatic heterocycles. The van der Waals surface area contributed by atoms with Crippen LogP contribution in [0.5, 0.6) is 0 Å². The monoisotopic (exact) mass is 347 g/mol. The van der Waals surface area contributed by atoms with Crippen LogP contribution in [-0.2, 0) is 18.3 Å². The predicted molar refractivity (Wildman–Crippen MR) is 97.6 cm³/mol. The lowest BCUT2D eigenvalue weighted by Gasteiger charge is -2.21. The number of nitrogens with zero attached hydrogens (tertiary/aromatic N) is 4. The highest BCUT2D eigenvalue weighted by molar-refractivity contribution is 5.33. The van der Waals surface area contributed by atoms with Gasteiger partial charge in [0.15, 0.2) is 0 Å². The molecule has 2 atom stereocenters. The maximum atomic E-state index is 9.10. The van der Waals surface area contributed by atoms with Gasteiger partial charge in [0.05, 0.1) is 11.4 Å². The molecular weight excluding hydrogens is 326 g/mol. The van der Waals surface area contributed by atoms with Crippen LogP contribution in [0.3, 0.4) is 0 Å². The normalized spacial score (nSPS) is 19.5. The Kier molecular flexibility index (Phi) is 4.57. The first-order valence-electron chi connectivity index (χ1n) is 8.76. The molecule has 0 amide bonds. The summed E-state index contributed by atoms with van der Waals surface area (Å²) in [5.41, 5.74) is 3.86. The van der Waals surface area contributed by atoms with E-state index in [1.54, 1.807) is 0 Å². The lowest BCUT2D eigenvalue weighted by Crippen LogP contribution is -2.32. The van der Waals surface area contributed by atoms with Crippen LogP contribution in [0.25, 0.3) is 5.69 Å². The zero-order valence-corrected chi connectivity index (χ0v) is 14.7. The Morgan fingerprint density at radius 1 is 1.31 bits per heavy atom. The third-order valence-electron chi connectivity index (χ3n) is 4.80. The van der Waals surface area contributed by atoms with Crippen LogP contribution in [0, 0.1) is 11.3 Å². The Labute approximate surface area is 152 Å². The van der Waals surface area contributed by atoms with Crippen LogP contribution < -0.4 is 5.32 Å². The molecule has 0 unspecified atom stereocenters. The molecule has 1 aliphatic heterocycles. The third-order valence-corrected chi connectivity index (χ3v) is 4.80. The summed E-state index contributed by atoms with van der Waals surface area (Å²) in [6, 6.07) is 16.5. The molecule has 0 aliphatic carbocycles. The highest BCUT2D eigenvalue weighted by Gasteiger charge is 2.32. The van der Waals surface area contributed by atoms with Crippen molar-refractivity contribution in [2.75, 3.05) is 6.61 Å². The zero-order chi connectivity index (χ0) is 17.9. The van der Waals surface area contributed by atoms with Crippen molar-refractivity contribution in [1.82, 2.24) is 19.7 Å². The molecule has 1 saturated heterocycles. The lowest BCUT2D eigenvalue weighted by molar-refractivity contribution is 0.0931. The van der Waals surface area contributed by atoms with Gasteiger partial charge in [0.2, 0.25) is 0 Å². The van der Waals surface area contributed by atoms with Crippen molar-refractivity contribution in [3.63, 3.8) is 0 Å². The fourth-order valence-corrected chi connectivity index (χ4v) is 3.49. The van der Waals surface area contributed by atoms with Crippen LogP contribution in [0.4, 0.5) is 0 Å². The molecule has 0 saturated carbocycles. The first-order chi connectivity index (χ1) is 12.8. The molecule has 0 spiro atoms. The molecular formula is C20H21N5O. The molecule has 4 rings (SSSR count). The topological polar surface area (TPSA) is 67.8 Å². The number of aryl methyl sites for hydroxylation is 1. The van der Waals surface area contributed by atoms with E-state index < -0.39 is 0 Å². The van der Waals surface area contributed by atoms with Gasteiger partial charge in [-0.15, -0.1) is 0 Å². The van der Waals surface area contributed by atoms with Gasteiger partial charge in [-0.25, -0.2) is 4.68 Å². The average molecular weight is 347 g/mol. The van der Waals surface area contributed by atoms with E-state index in [9.17, 15) is 0 Å². The van der Waals surface area contributed by atoms with Gasteiger partial charge in [0, 0.05) is 38.6 Å². The van der Waals surface area contributed by atoms with Crippen molar-refractivity contribution in [3.05, 3.63) is 71.8 Å². The number of nitriles is 1. The SMILES string of the molecule is Cn1cc(CN[C@H]2CCO[C@@H]2c2ccnn2-c2ccccc2)cc1C#N. The van der Waals surface area contributed by atoms with Crippen molar-refractivity contribution in [2.45, 2.75) is 25.1 Å². The zero-order valence-electron chi connectivity index (χ0n) is 14.7. The van der Waals surface area contributed by atoms with Crippen molar-refractivity contribution in [3.8, 4) is 11.8 Å². The van der Waals surface area contributed by atoms with Gasteiger partial charge in [0.1, 0.15) is 17.9 Å². The van der Waals surface area contributed by atoms with E-state index in [4.69, 9.17) is 10.00 Å². The number of aromatic nitrogens is 3. The smallest absolute Gasteiger partial charge is 0.120 e. The Morgan fingerprint density at radius 3 is 2.92 bits per heavy atom. The fraction of sp³-hybridized carbons (Fsp3) is 0.300. The number of para-hydroxylation sites is 1. The summed E-state index contributed by atoms with van der Waals surface area (Å²) in [5, 5.41) is 17.2. The molecule has 0 radical (unpaired) electrons. The summed E-state index contributed by atoms with van der Waals surface area (Å²) < 4.78 is 9.83. The van der Waals surface area contributed by atoms with E-state index in [2.05, 4.69) is 16.5 Å². The van der Waals surface area contributed by atoms with Gasteiger partial charge in [0.25, 0.3) is 0 Å². The Morgan fingerprint density at radius 2 is 2.15 bits per heavy atom. The van der Waals surface area contributed by atoms with Gasteiger partial charge in [-0.05, 0) is 36.2 Å². The number of rotatable bonds is 5. The highest BCUT2D eigenvalue weighted by Crippen LogP contribution is 2.30. The second-order valence-corrected chi connectivity index (χ2v) is 6.53. The molecule has 1 fully saturated rings. The second kappa shape index (κ2) is 7.16. The standard InChI is InChI=1S/C20H21N5O/c1-24-14-15(11-17(24)12-21)13-22-18-8-10-26-20(18)19-7-9-23-25(19)16-5-3-2-4-6-16/h2-7,9,11,14,18,20,22H,8,10,13H2,1H3/t18-,20-/m0/s1. The molecule has 132 valence electrons. The largest absolute Gasteiger partial charge is 0.370 e. The summed E-state index contributed by atoms with van der Waals surface area (Å²) in [7, 11) is 1.89. The Bertz CT molecular complexity index is 921. The van der Waals surface area contributed by atoms with E-state index >= 15 is 0 Å². The van der Waals surface area contributed by atoms with E-state index in [1.807, 2.05) is 71.2 Å². The van der Waals surface area contributed by atoms with Gasteiger partial charge in [-0.1, -0.05) is 18.2 Å². The summed E-state index contributed by atoms with van der Waals surface area (Å²) in [6.45, 7) is 1.43. The number of nitrogens with one attached hydrogen (secondary N) is 1. The number of ether oxygens (including phenoxy) is 1. The predicted octanol–water partition coefficient (Wildman–Crippen LogP) is 2.70.